The summed E-state index contributed by atoms with van der Waals surface area (Å²) in [4.78, 5) is 17.9. The zero-order valence-electron chi connectivity index (χ0n) is 11.4. The fraction of sp³-hybridized carbons (Fsp3) is 0.538. The third-order valence-electron chi connectivity index (χ3n) is 2.61. The van der Waals surface area contributed by atoms with E-state index in [2.05, 4.69) is 22.1 Å². The van der Waals surface area contributed by atoms with Gasteiger partial charge in [0, 0.05) is 12.2 Å². The molecule has 1 aromatic rings. The Bertz CT molecular complexity index is 394. The molecule has 100 valence electrons. The van der Waals surface area contributed by atoms with Crippen LogP contribution < -0.4 is 5.32 Å². The first kappa shape index (κ1) is 14.4. The van der Waals surface area contributed by atoms with Gasteiger partial charge >= 0.3 is 5.97 Å². The van der Waals surface area contributed by atoms with E-state index in [4.69, 9.17) is 4.74 Å². The lowest BCUT2D eigenvalue weighted by atomic mass is 10.2. The van der Waals surface area contributed by atoms with Gasteiger partial charge in [0.05, 0.1) is 7.11 Å². The first-order valence-electron chi connectivity index (χ1n) is 5.99. The van der Waals surface area contributed by atoms with Crippen LogP contribution in [0.4, 0.5) is 5.82 Å². The molecule has 0 bridgehead atoms. The van der Waals surface area contributed by atoms with E-state index in [-0.39, 0.29) is 12.0 Å². The quantitative estimate of drug-likeness (QED) is 0.779. The zero-order valence-corrected chi connectivity index (χ0v) is 11.4. The Morgan fingerprint density at radius 1 is 1.56 bits per heavy atom. The molecule has 0 saturated carbocycles. The molecule has 0 fully saturated rings. The number of rotatable bonds is 6. The van der Waals surface area contributed by atoms with Crippen molar-refractivity contribution in [1.82, 2.24) is 9.88 Å². The summed E-state index contributed by atoms with van der Waals surface area (Å²) in [5.41, 5.74) is 0.469. The van der Waals surface area contributed by atoms with Gasteiger partial charge in [0.15, 0.2) is 0 Å². The molecule has 0 aliphatic carbocycles. The summed E-state index contributed by atoms with van der Waals surface area (Å²) in [6.45, 7) is 3.05. The fourth-order valence-corrected chi connectivity index (χ4v) is 1.55. The molecule has 0 amide bonds. The number of carbonyl (C=O) groups is 1. The highest BCUT2D eigenvalue weighted by molar-refractivity contribution is 5.94. The van der Waals surface area contributed by atoms with Gasteiger partial charge in [0.1, 0.15) is 11.4 Å². The second-order valence-electron chi connectivity index (χ2n) is 4.53. The van der Waals surface area contributed by atoms with Crippen LogP contribution in [0.2, 0.25) is 0 Å². The van der Waals surface area contributed by atoms with Crippen LogP contribution in [-0.4, -0.2) is 49.6 Å². The Hall–Kier alpha value is -1.62. The summed E-state index contributed by atoms with van der Waals surface area (Å²) in [6.07, 6.45) is 2.64. The molecule has 0 aliphatic heterocycles. The maximum absolute atomic E-state index is 11.6. The Morgan fingerprint density at radius 2 is 2.28 bits per heavy atom. The number of methoxy groups -OCH3 is 1. The van der Waals surface area contributed by atoms with Crippen LogP contribution in [0.3, 0.4) is 0 Å². The van der Waals surface area contributed by atoms with Crippen LogP contribution in [0.15, 0.2) is 18.3 Å². The molecule has 1 aromatic heterocycles. The van der Waals surface area contributed by atoms with Crippen LogP contribution in [0.1, 0.15) is 23.7 Å². The van der Waals surface area contributed by atoms with Crippen LogP contribution >= 0.6 is 0 Å². The molecular formula is C13H21N3O2. The lowest BCUT2D eigenvalue weighted by molar-refractivity contribution is 0.0601. The Balaban J connectivity index is 2.69. The van der Waals surface area contributed by atoms with E-state index in [1.165, 1.54) is 7.11 Å². The summed E-state index contributed by atoms with van der Waals surface area (Å²) in [5.74, 6) is 0.209. The zero-order chi connectivity index (χ0) is 13.5. The third-order valence-corrected chi connectivity index (χ3v) is 2.61. The molecule has 1 atom stereocenters. The average Bonchev–Trinajstić information content (AvgIpc) is 2.36. The molecule has 0 aromatic carbocycles. The minimum atomic E-state index is -0.370. The maximum atomic E-state index is 11.6. The number of esters is 1. The first-order chi connectivity index (χ1) is 8.54. The second kappa shape index (κ2) is 6.96. The maximum Gasteiger partial charge on any atom is 0.341 e. The summed E-state index contributed by atoms with van der Waals surface area (Å²) >= 11 is 0. The molecular weight excluding hydrogens is 230 g/mol. The van der Waals surface area contributed by atoms with E-state index in [9.17, 15) is 4.79 Å². The minimum absolute atomic E-state index is 0.241. The smallest absolute Gasteiger partial charge is 0.341 e. The molecule has 5 heteroatoms. The van der Waals surface area contributed by atoms with Crippen molar-refractivity contribution in [3.8, 4) is 0 Å². The predicted molar refractivity (Wildman–Crippen MR) is 71.8 cm³/mol. The molecule has 1 heterocycles. The van der Waals surface area contributed by atoms with Gasteiger partial charge in [-0.2, -0.15) is 0 Å². The number of carbonyl (C=O) groups excluding carboxylic acids is 1. The lowest BCUT2D eigenvalue weighted by Gasteiger charge is -2.18. The number of ether oxygens (including phenoxy) is 1. The summed E-state index contributed by atoms with van der Waals surface area (Å²) < 4.78 is 4.73. The van der Waals surface area contributed by atoms with Crippen LogP contribution in [0, 0.1) is 0 Å². The van der Waals surface area contributed by atoms with Crippen molar-refractivity contribution in [2.45, 2.75) is 19.4 Å². The normalized spacial score (nSPS) is 12.3. The van der Waals surface area contributed by atoms with E-state index in [1.54, 1.807) is 18.3 Å². The molecule has 1 N–H and O–H groups in total. The topological polar surface area (TPSA) is 54.5 Å². The SMILES string of the molecule is COC(=O)c1cccnc1NC(C)CCN(C)C. The number of aromatic nitrogens is 1. The summed E-state index contributed by atoms with van der Waals surface area (Å²) in [7, 11) is 5.44. The summed E-state index contributed by atoms with van der Waals surface area (Å²) in [5, 5.41) is 3.24. The highest BCUT2D eigenvalue weighted by atomic mass is 16.5. The van der Waals surface area contributed by atoms with Gasteiger partial charge in [-0.05, 0) is 46.1 Å². The van der Waals surface area contributed by atoms with E-state index < -0.39 is 0 Å². The fourth-order valence-electron chi connectivity index (χ4n) is 1.55. The van der Waals surface area contributed by atoms with E-state index in [0.29, 0.717) is 11.4 Å². The molecule has 18 heavy (non-hydrogen) atoms. The van der Waals surface area contributed by atoms with Crippen molar-refractivity contribution in [3.05, 3.63) is 23.9 Å². The number of pyridine rings is 1. The number of nitrogens with one attached hydrogen (secondary N) is 1. The Kier molecular flexibility index (Phi) is 5.58. The number of hydrogen-bond donors (Lipinski definition) is 1. The molecule has 1 unspecified atom stereocenters. The predicted octanol–water partition coefficient (Wildman–Crippen LogP) is 1.62. The minimum Gasteiger partial charge on any atom is -0.465 e. The molecule has 0 radical (unpaired) electrons. The Morgan fingerprint density at radius 3 is 2.89 bits per heavy atom. The standard InChI is InChI=1S/C13H21N3O2/c1-10(7-9-16(2)3)15-12-11(13(17)18-4)6-5-8-14-12/h5-6,8,10H,7,9H2,1-4H3,(H,14,15). The highest BCUT2D eigenvalue weighted by Gasteiger charge is 2.14. The van der Waals surface area contributed by atoms with E-state index in [1.807, 2.05) is 14.1 Å². The largest absolute Gasteiger partial charge is 0.465 e. The number of anilines is 1. The van der Waals surface area contributed by atoms with E-state index >= 15 is 0 Å². The molecule has 0 spiro atoms. The second-order valence-corrected chi connectivity index (χ2v) is 4.53. The van der Waals surface area contributed by atoms with Crippen molar-refractivity contribution >= 4 is 11.8 Å². The van der Waals surface area contributed by atoms with Gasteiger partial charge in [-0.1, -0.05) is 0 Å². The van der Waals surface area contributed by atoms with Gasteiger partial charge in [-0.15, -0.1) is 0 Å². The van der Waals surface area contributed by atoms with Gasteiger partial charge in [0.2, 0.25) is 0 Å². The molecule has 5 nitrogen and oxygen atoms in total. The van der Waals surface area contributed by atoms with E-state index in [0.717, 1.165) is 13.0 Å². The summed E-state index contributed by atoms with van der Waals surface area (Å²) in [6, 6.07) is 3.67. The van der Waals surface area contributed by atoms with Crippen LogP contribution in [0.25, 0.3) is 0 Å². The van der Waals surface area contributed by atoms with Crippen molar-refractivity contribution in [2.75, 3.05) is 33.1 Å². The van der Waals surface area contributed by atoms with Gasteiger partial charge < -0.3 is 15.0 Å². The van der Waals surface area contributed by atoms with Gasteiger partial charge in [-0.25, -0.2) is 9.78 Å². The third kappa shape index (κ3) is 4.33. The molecule has 1 rings (SSSR count). The molecule has 0 aliphatic rings. The van der Waals surface area contributed by atoms with Crippen molar-refractivity contribution in [3.63, 3.8) is 0 Å². The van der Waals surface area contributed by atoms with Crippen LogP contribution in [0.5, 0.6) is 0 Å². The van der Waals surface area contributed by atoms with Crippen molar-refractivity contribution in [2.24, 2.45) is 0 Å². The van der Waals surface area contributed by atoms with Crippen molar-refractivity contribution < 1.29 is 9.53 Å². The number of nitrogens with zero attached hydrogens (tertiary/aromatic N) is 2. The van der Waals surface area contributed by atoms with Gasteiger partial charge in [-0.3, -0.25) is 0 Å². The van der Waals surface area contributed by atoms with Crippen LogP contribution in [-0.2, 0) is 4.74 Å². The highest BCUT2D eigenvalue weighted by Crippen LogP contribution is 2.14. The van der Waals surface area contributed by atoms with Gasteiger partial charge in [0.25, 0.3) is 0 Å². The molecule has 0 saturated heterocycles. The first-order valence-corrected chi connectivity index (χ1v) is 5.99. The lowest BCUT2D eigenvalue weighted by Crippen LogP contribution is -2.24. The monoisotopic (exact) mass is 251 g/mol. The average molecular weight is 251 g/mol. The number of hydrogen-bond acceptors (Lipinski definition) is 5. The van der Waals surface area contributed by atoms with Crippen molar-refractivity contribution in [1.29, 1.82) is 0 Å². The Labute approximate surface area is 108 Å².